The van der Waals surface area contributed by atoms with Crippen LogP contribution in [-0.2, 0) is 6.54 Å². The molecule has 0 amide bonds. The van der Waals surface area contributed by atoms with E-state index in [4.69, 9.17) is 9.84 Å². The summed E-state index contributed by atoms with van der Waals surface area (Å²) in [6.45, 7) is 0.138. The van der Waals surface area contributed by atoms with E-state index in [1.54, 1.807) is 18.2 Å². The zero-order valence-electron chi connectivity index (χ0n) is 11.1. The number of aromatic carboxylic acids is 1. The van der Waals surface area contributed by atoms with Crippen molar-refractivity contribution in [1.29, 1.82) is 0 Å². The smallest absolute Gasteiger partial charge is 0.338 e. The van der Waals surface area contributed by atoms with Crippen molar-refractivity contribution in [2.75, 3.05) is 12.4 Å². The van der Waals surface area contributed by atoms with Crippen LogP contribution in [0.15, 0.2) is 30.3 Å². The first-order chi connectivity index (χ1) is 10.0. The molecule has 0 aliphatic rings. The Morgan fingerprint density at radius 1 is 1.33 bits per heavy atom. The molecule has 2 aromatic rings. The topological polar surface area (TPSA) is 71.5 Å². The number of methoxy groups -OCH3 is 1. The van der Waals surface area contributed by atoms with E-state index in [-0.39, 0.29) is 12.2 Å². The standard InChI is InChI=1S/C14H12F2N2O3/c1-21-13-4-2-3-8(18-13)7-17-12-5-9(14(19)20)10(15)6-11(12)16/h2-6,17H,7H2,1H3,(H,19,20). The van der Waals surface area contributed by atoms with E-state index in [1.807, 2.05) is 0 Å². The molecule has 0 saturated heterocycles. The first kappa shape index (κ1) is 14.7. The van der Waals surface area contributed by atoms with Crippen LogP contribution in [-0.4, -0.2) is 23.2 Å². The first-order valence-electron chi connectivity index (χ1n) is 5.97. The molecule has 0 aliphatic carbocycles. The molecule has 0 saturated carbocycles. The molecule has 5 nitrogen and oxygen atoms in total. The van der Waals surface area contributed by atoms with Crippen LogP contribution in [0.4, 0.5) is 14.5 Å². The van der Waals surface area contributed by atoms with Crippen molar-refractivity contribution in [2.24, 2.45) is 0 Å². The summed E-state index contributed by atoms with van der Waals surface area (Å²) >= 11 is 0. The Balaban J connectivity index is 2.19. The second kappa shape index (κ2) is 6.17. The van der Waals surface area contributed by atoms with E-state index in [9.17, 15) is 13.6 Å². The summed E-state index contributed by atoms with van der Waals surface area (Å²) in [5.41, 5.74) is -0.147. The number of hydrogen-bond acceptors (Lipinski definition) is 4. The van der Waals surface area contributed by atoms with E-state index >= 15 is 0 Å². The molecule has 1 heterocycles. The van der Waals surface area contributed by atoms with Gasteiger partial charge >= 0.3 is 5.97 Å². The molecule has 1 aromatic heterocycles. The highest BCUT2D eigenvalue weighted by Crippen LogP contribution is 2.20. The van der Waals surface area contributed by atoms with E-state index in [1.165, 1.54) is 7.11 Å². The Morgan fingerprint density at radius 3 is 2.76 bits per heavy atom. The average molecular weight is 294 g/mol. The van der Waals surface area contributed by atoms with Crippen LogP contribution < -0.4 is 10.1 Å². The monoisotopic (exact) mass is 294 g/mol. The highest BCUT2D eigenvalue weighted by atomic mass is 19.1. The number of halogens is 2. The number of nitrogens with zero attached hydrogens (tertiary/aromatic N) is 1. The quantitative estimate of drug-likeness (QED) is 0.887. The molecular weight excluding hydrogens is 282 g/mol. The number of aromatic nitrogens is 1. The predicted molar refractivity (Wildman–Crippen MR) is 71.4 cm³/mol. The summed E-state index contributed by atoms with van der Waals surface area (Å²) in [5.74, 6) is -3.05. The average Bonchev–Trinajstić information content (AvgIpc) is 2.46. The highest BCUT2D eigenvalue weighted by Gasteiger charge is 2.15. The predicted octanol–water partition coefficient (Wildman–Crippen LogP) is 2.68. The fourth-order valence-corrected chi connectivity index (χ4v) is 1.70. The van der Waals surface area contributed by atoms with Gasteiger partial charge in [-0.3, -0.25) is 0 Å². The molecule has 0 fully saturated rings. The molecule has 2 rings (SSSR count). The van der Waals surface area contributed by atoms with Crippen molar-refractivity contribution < 1.29 is 23.4 Å². The number of rotatable bonds is 5. The second-order valence-electron chi connectivity index (χ2n) is 4.14. The van der Waals surface area contributed by atoms with Crippen LogP contribution in [0.1, 0.15) is 16.1 Å². The molecule has 110 valence electrons. The Hall–Kier alpha value is -2.70. The minimum absolute atomic E-state index is 0.113. The molecule has 0 unspecified atom stereocenters. The lowest BCUT2D eigenvalue weighted by Crippen LogP contribution is -2.07. The van der Waals surface area contributed by atoms with Crippen LogP contribution in [0, 0.1) is 11.6 Å². The first-order valence-corrected chi connectivity index (χ1v) is 5.97. The minimum Gasteiger partial charge on any atom is -0.481 e. The van der Waals surface area contributed by atoms with Crippen LogP contribution in [0.3, 0.4) is 0 Å². The number of carboxylic acids is 1. The third-order valence-corrected chi connectivity index (χ3v) is 2.74. The van der Waals surface area contributed by atoms with Gasteiger partial charge in [-0.15, -0.1) is 0 Å². The summed E-state index contributed by atoms with van der Waals surface area (Å²) in [6.07, 6.45) is 0. The molecule has 0 radical (unpaired) electrons. The summed E-state index contributed by atoms with van der Waals surface area (Å²) in [5, 5.41) is 11.5. The van der Waals surface area contributed by atoms with Gasteiger partial charge in [-0.05, 0) is 12.1 Å². The van der Waals surface area contributed by atoms with Gasteiger partial charge in [-0.25, -0.2) is 18.6 Å². The lowest BCUT2D eigenvalue weighted by atomic mass is 10.1. The fourth-order valence-electron chi connectivity index (χ4n) is 1.70. The van der Waals surface area contributed by atoms with Gasteiger partial charge in [0.05, 0.1) is 30.6 Å². The summed E-state index contributed by atoms with van der Waals surface area (Å²) in [6, 6.07) is 6.50. The van der Waals surface area contributed by atoms with Gasteiger partial charge in [0.15, 0.2) is 0 Å². The van der Waals surface area contributed by atoms with Gasteiger partial charge in [-0.1, -0.05) is 6.07 Å². The Labute approximate surface area is 119 Å². The molecule has 7 heteroatoms. The number of ether oxygens (including phenoxy) is 1. The number of carbonyl (C=O) groups is 1. The zero-order chi connectivity index (χ0) is 15.4. The maximum absolute atomic E-state index is 13.6. The number of anilines is 1. The summed E-state index contributed by atoms with van der Waals surface area (Å²) < 4.78 is 31.8. The van der Waals surface area contributed by atoms with Crippen molar-refractivity contribution >= 4 is 11.7 Å². The largest absolute Gasteiger partial charge is 0.481 e. The van der Waals surface area contributed by atoms with Gasteiger partial charge in [0.1, 0.15) is 11.6 Å². The van der Waals surface area contributed by atoms with E-state index in [0.29, 0.717) is 17.6 Å². The maximum Gasteiger partial charge on any atom is 0.338 e. The minimum atomic E-state index is -1.46. The number of nitrogens with one attached hydrogen (secondary N) is 1. The highest BCUT2D eigenvalue weighted by molar-refractivity contribution is 5.89. The normalized spacial score (nSPS) is 10.2. The summed E-state index contributed by atoms with van der Waals surface area (Å²) in [7, 11) is 1.47. The molecule has 1 aromatic carbocycles. The van der Waals surface area contributed by atoms with Crippen molar-refractivity contribution in [3.8, 4) is 5.88 Å². The number of pyridine rings is 1. The molecule has 21 heavy (non-hydrogen) atoms. The Morgan fingerprint density at radius 2 is 2.10 bits per heavy atom. The van der Waals surface area contributed by atoms with Crippen molar-refractivity contribution in [1.82, 2.24) is 4.98 Å². The molecule has 0 spiro atoms. The fraction of sp³-hybridized carbons (Fsp3) is 0.143. The number of hydrogen-bond donors (Lipinski definition) is 2. The van der Waals surface area contributed by atoms with Crippen LogP contribution in [0.25, 0.3) is 0 Å². The van der Waals surface area contributed by atoms with Gasteiger partial charge in [-0.2, -0.15) is 0 Å². The lowest BCUT2D eigenvalue weighted by Gasteiger charge is -2.09. The second-order valence-corrected chi connectivity index (χ2v) is 4.14. The van der Waals surface area contributed by atoms with Gasteiger partial charge in [0.2, 0.25) is 5.88 Å². The van der Waals surface area contributed by atoms with Gasteiger partial charge < -0.3 is 15.2 Å². The molecule has 0 atom stereocenters. The van der Waals surface area contributed by atoms with Crippen molar-refractivity contribution in [2.45, 2.75) is 6.54 Å². The molecule has 0 bridgehead atoms. The van der Waals surface area contributed by atoms with Gasteiger partial charge in [0, 0.05) is 12.1 Å². The van der Waals surface area contributed by atoms with E-state index in [0.717, 1.165) is 6.07 Å². The van der Waals surface area contributed by atoms with Crippen molar-refractivity contribution in [3.63, 3.8) is 0 Å². The molecular formula is C14H12F2N2O3. The van der Waals surface area contributed by atoms with Crippen LogP contribution in [0.5, 0.6) is 5.88 Å². The molecule has 2 N–H and O–H groups in total. The lowest BCUT2D eigenvalue weighted by molar-refractivity contribution is 0.0692. The molecule has 0 aliphatic heterocycles. The number of benzene rings is 1. The van der Waals surface area contributed by atoms with Crippen LogP contribution in [0.2, 0.25) is 0 Å². The Bertz CT molecular complexity index is 677. The maximum atomic E-state index is 13.6. The third-order valence-electron chi connectivity index (χ3n) is 2.74. The van der Waals surface area contributed by atoms with Crippen molar-refractivity contribution in [3.05, 3.63) is 53.2 Å². The SMILES string of the molecule is COc1cccc(CNc2cc(C(=O)O)c(F)cc2F)n1. The van der Waals surface area contributed by atoms with Gasteiger partial charge in [0.25, 0.3) is 0 Å². The summed E-state index contributed by atoms with van der Waals surface area (Å²) in [4.78, 5) is 14.9. The zero-order valence-corrected chi connectivity index (χ0v) is 11.1. The van der Waals surface area contributed by atoms with Crippen LogP contribution >= 0.6 is 0 Å². The Kier molecular flexibility index (Phi) is 4.32. The number of carboxylic acid groups (broad SMARTS) is 1. The van der Waals surface area contributed by atoms with E-state index in [2.05, 4.69) is 10.3 Å². The van der Waals surface area contributed by atoms with E-state index < -0.39 is 23.2 Å². The third kappa shape index (κ3) is 3.44.